The second kappa shape index (κ2) is 6.11. The van der Waals surface area contributed by atoms with Gasteiger partial charge >= 0.3 is 0 Å². The Balaban J connectivity index is 1.33. The second-order valence-corrected chi connectivity index (χ2v) is 6.47. The predicted octanol–water partition coefficient (Wildman–Crippen LogP) is 0.953. The number of amides is 1. The van der Waals surface area contributed by atoms with Gasteiger partial charge in [-0.05, 0) is 24.1 Å². The van der Waals surface area contributed by atoms with Gasteiger partial charge in [-0.1, -0.05) is 18.2 Å². The van der Waals surface area contributed by atoms with Crippen molar-refractivity contribution in [1.82, 2.24) is 14.7 Å². The summed E-state index contributed by atoms with van der Waals surface area (Å²) in [6.45, 7) is 2.37. The number of fused-ring (bicyclic) bond motifs is 1. The molecular formula is C18H19N3O3. The highest BCUT2D eigenvalue weighted by Crippen LogP contribution is 2.29. The van der Waals surface area contributed by atoms with E-state index in [1.54, 1.807) is 12.3 Å². The van der Waals surface area contributed by atoms with Crippen molar-refractivity contribution in [2.75, 3.05) is 19.7 Å². The van der Waals surface area contributed by atoms with E-state index in [0.29, 0.717) is 32.2 Å². The van der Waals surface area contributed by atoms with Crippen LogP contribution in [0.1, 0.15) is 5.56 Å². The molecule has 6 nitrogen and oxygen atoms in total. The number of aromatic nitrogens is 2. The van der Waals surface area contributed by atoms with E-state index in [0.717, 1.165) is 17.7 Å². The standard InChI is InChI=1S/C18H19N3O3/c22-17-6-3-7-19-21(17)11-13-9-20(10-13)18(23)15-8-14-4-1-2-5-16(14)24-12-15/h1-7,13,15H,8-12H2. The van der Waals surface area contributed by atoms with Crippen LogP contribution in [0.15, 0.2) is 47.4 Å². The van der Waals surface area contributed by atoms with Crippen LogP contribution in [0.3, 0.4) is 0 Å². The average molecular weight is 325 g/mol. The van der Waals surface area contributed by atoms with Crippen LogP contribution in [0.2, 0.25) is 0 Å². The lowest BCUT2D eigenvalue weighted by molar-refractivity contribution is -0.143. The minimum atomic E-state index is -0.113. The van der Waals surface area contributed by atoms with Crippen molar-refractivity contribution >= 4 is 5.91 Å². The van der Waals surface area contributed by atoms with Gasteiger partial charge in [0.25, 0.3) is 5.56 Å². The van der Waals surface area contributed by atoms with Crippen molar-refractivity contribution in [3.05, 3.63) is 58.5 Å². The molecule has 1 fully saturated rings. The first-order valence-corrected chi connectivity index (χ1v) is 8.22. The highest BCUT2D eigenvalue weighted by molar-refractivity contribution is 5.80. The first-order chi connectivity index (χ1) is 11.7. The first-order valence-electron chi connectivity index (χ1n) is 8.22. The van der Waals surface area contributed by atoms with Crippen molar-refractivity contribution < 1.29 is 9.53 Å². The zero-order valence-electron chi connectivity index (χ0n) is 13.3. The molecule has 0 radical (unpaired) electrons. The highest BCUT2D eigenvalue weighted by Gasteiger charge is 2.36. The van der Waals surface area contributed by atoms with Crippen LogP contribution in [0, 0.1) is 11.8 Å². The molecule has 0 spiro atoms. The molecule has 1 saturated heterocycles. The normalized spacial score (nSPS) is 20.0. The van der Waals surface area contributed by atoms with Crippen LogP contribution in [0.25, 0.3) is 0 Å². The van der Waals surface area contributed by atoms with Gasteiger partial charge in [-0.15, -0.1) is 0 Å². The van der Waals surface area contributed by atoms with Crippen LogP contribution < -0.4 is 10.3 Å². The molecule has 4 rings (SSSR count). The summed E-state index contributed by atoms with van der Waals surface area (Å²) in [5, 5.41) is 4.07. The van der Waals surface area contributed by atoms with E-state index in [1.807, 2.05) is 29.2 Å². The molecule has 24 heavy (non-hydrogen) atoms. The molecule has 1 amide bonds. The molecule has 2 aliphatic heterocycles. The lowest BCUT2D eigenvalue weighted by atomic mass is 9.92. The number of hydrogen-bond acceptors (Lipinski definition) is 4. The quantitative estimate of drug-likeness (QED) is 0.843. The Kier molecular flexibility index (Phi) is 3.80. The first kappa shape index (κ1) is 14.9. The summed E-state index contributed by atoms with van der Waals surface area (Å²) in [5.74, 6) is 1.21. The van der Waals surface area contributed by atoms with Gasteiger partial charge in [-0.3, -0.25) is 9.59 Å². The number of rotatable bonds is 3. The van der Waals surface area contributed by atoms with Gasteiger partial charge in [0, 0.05) is 31.3 Å². The molecule has 2 aliphatic rings. The van der Waals surface area contributed by atoms with Gasteiger partial charge in [-0.2, -0.15) is 5.10 Å². The van der Waals surface area contributed by atoms with Gasteiger partial charge in [-0.25, -0.2) is 4.68 Å². The maximum Gasteiger partial charge on any atom is 0.266 e. The van der Waals surface area contributed by atoms with Gasteiger partial charge < -0.3 is 9.64 Å². The van der Waals surface area contributed by atoms with E-state index in [2.05, 4.69) is 5.10 Å². The fourth-order valence-electron chi connectivity index (χ4n) is 3.38. The molecule has 0 aliphatic carbocycles. The molecule has 1 aromatic heterocycles. The van der Waals surface area contributed by atoms with Crippen LogP contribution in [-0.2, 0) is 17.8 Å². The Labute approximate surface area is 139 Å². The van der Waals surface area contributed by atoms with Crippen molar-refractivity contribution in [3.8, 4) is 5.75 Å². The van der Waals surface area contributed by atoms with Crippen molar-refractivity contribution in [3.63, 3.8) is 0 Å². The number of hydrogen-bond donors (Lipinski definition) is 0. The number of carbonyl (C=O) groups excluding carboxylic acids is 1. The highest BCUT2D eigenvalue weighted by atomic mass is 16.5. The molecule has 6 heteroatoms. The lowest BCUT2D eigenvalue weighted by Gasteiger charge is -2.41. The minimum Gasteiger partial charge on any atom is -0.492 e. The molecule has 1 atom stereocenters. The molecule has 0 N–H and O–H groups in total. The molecule has 3 heterocycles. The topological polar surface area (TPSA) is 64.4 Å². The number of likely N-dealkylation sites (tertiary alicyclic amines) is 1. The van der Waals surface area contributed by atoms with E-state index < -0.39 is 0 Å². The van der Waals surface area contributed by atoms with E-state index in [4.69, 9.17) is 4.74 Å². The van der Waals surface area contributed by atoms with Crippen LogP contribution >= 0.6 is 0 Å². The number of carbonyl (C=O) groups is 1. The molecule has 2 aromatic rings. The Morgan fingerprint density at radius 2 is 2.04 bits per heavy atom. The fourth-order valence-corrected chi connectivity index (χ4v) is 3.38. The third-order valence-electron chi connectivity index (χ3n) is 4.71. The third-order valence-corrected chi connectivity index (χ3v) is 4.71. The Morgan fingerprint density at radius 3 is 2.88 bits per heavy atom. The van der Waals surface area contributed by atoms with E-state index in [1.165, 1.54) is 10.7 Å². The van der Waals surface area contributed by atoms with Gasteiger partial charge in [0.1, 0.15) is 12.4 Å². The van der Waals surface area contributed by atoms with E-state index >= 15 is 0 Å². The number of nitrogens with zero attached hydrogens (tertiary/aromatic N) is 3. The Hall–Kier alpha value is -2.63. The number of benzene rings is 1. The predicted molar refractivity (Wildman–Crippen MR) is 87.7 cm³/mol. The molecule has 0 saturated carbocycles. The van der Waals surface area contributed by atoms with Gasteiger partial charge in [0.05, 0.1) is 12.5 Å². The summed E-state index contributed by atoms with van der Waals surface area (Å²) < 4.78 is 7.18. The summed E-state index contributed by atoms with van der Waals surface area (Å²) in [4.78, 5) is 26.2. The van der Waals surface area contributed by atoms with Crippen LogP contribution in [-0.4, -0.2) is 40.3 Å². The number of ether oxygens (including phenoxy) is 1. The average Bonchev–Trinajstić information content (AvgIpc) is 2.58. The number of para-hydroxylation sites is 1. The molecule has 124 valence electrons. The van der Waals surface area contributed by atoms with E-state index in [-0.39, 0.29) is 17.4 Å². The summed E-state index contributed by atoms with van der Waals surface area (Å²) in [6, 6.07) is 11.0. The second-order valence-electron chi connectivity index (χ2n) is 6.47. The summed E-state index contributed by atoms with van der Waals surface area (Å²) in [6.07, 6.45) is 2.34. The Morgan fingerprint density at radius 1 is 1.21 bits per heavy atom. The molecule has 1 aromatic carbocycles. The van der Waals surface area contributed by atoms with Crippen molar-refractivity contribution in [1.29, 1.82) is 0 Å². The van der Waals surface area contributed by atoms with Crippen LogP contribution in [0.4, 0.5) is 0 Å². The molecular weight excluding hydrogens is 306 g/mol. The minimum absolute atomic E-state index is 0.0976. The van der Waals surface area contributed by atoms with Crippen LogP contribution in [0.5, 0.6) is 5.75 Å². The largest absolute Gasteiger partial charge is 0.492 e. The molecule has 1 unspecified atom stereocenters. The van der Waals surface area contributed by atoms with Crippen molar-refractivity contribution in [2.45, 2.75) is 13.0 Å². The SMILES string of the molecule is O=C(C1COc2ccccc2C1)N1CC(Cn2ncccc2=O)C1. The lowest BCUT2D eigenvalue weighted by Crippen LogP contribution is -2.55. The van der Waals surface area contributed by atoms with Crippen molar-refractivity contribution in [2.24, 2.45) is 11.8 Å². The van der Waals surface area contributed by atoms with Gasteiger partial charge in [0.15, 0.2) is 0 Å². The third kappa shape index (κ3) is 2.79. The summed E-state index contributed by atoms with van der Waals surface area (Å²) in [5.41, 5.74) is 0.999. The maximum atomic E-state index is 12.6. The smallest absolute Gasteiger partial charge is 0.266 e. The molecule has 0 bridgehead atoms. The zero-order valence-corrected chi connectivity index (χ0v) is 13.3. The zero-order chi connectivity index (χ0) is 16.5. The van der Waals surface area contributed by atoms with Gasteiger partial charge in [0.2, 0.25) is 5.91 Å². The fraction of sp³-hybridized carbons (Fsp3) is 0.389. The maximum absolute atomic E-state index is 12.6. The monoisotopic (exact) mass is 325 g/mol. The summed E-state index contributed by atoms with van der Waals surface area (Å²) >= 11 is 0. The Bertz CT molecular complexity index is 811. The summed E-state index contributed by atoms with van der Waals surface area (Å²) in [7, 11) is 0. The van der Waals surface area contributed by atoms with E-state index in [9.17, 15) is 9.59 Å².